The van der Waals surface area contributed by atoms with Crippen LogP contribution in [0.3, 0.4) is 0 Å². The van der Waals surface area contributed by atoms with E-state index in [1.165, 1.54) is 0 Å². The number of piperidine rings is 1. The number of ether oxygens (including phenoxy) is 1. The van der Waals surface area contributed by atoms with Gasteiger partial charge in [0.15, 0.2) is 0 Å². The second kappa shape index (κ2) is 7.75. The van der Waals surface area contributed by atoms with Gasteiger partial charge in [0, 0.05) is 20.2 Å². The first-order valence-corrected chi connectivity index (χ1v) is 9.06. The van der Waals surface area contributed by atoms with Crippen molar-refractivity contribution in [1.82, 2.24) is 4.90 Å². The van der Waals surface area contributed by atoms with E-state index in [4.69, 9.17) is 4.74 Å². The topological polar surface area (TPSA) is 70.0 Å². The minimum Gasteiger partial charge on any atom is -0.507 e. The highest BCUT2D eigenvalue weighted by Crippen LogP contribution is 2.34. The SMILES string of the molecule is COCC1(O)CCN(C(=O)c2cc(C(C)C)cc(C(C)C)c2O)CC1. The molecule has 1 heterocycles. The van der Waals surface area contributed by atoms with Crippen LogP contribution in [0.2, 0.25) is 0 Å². The number of benzene rings is 1. The Morgan fingerprint density at radius 2 is 1.80 bits per heavy atom. The lowest BCUT2D eigenvalue weighted by atomic mass is 9.90. The number of phenols is 1. The van der Waals surface area contributed by atoms with Gasteiger partial charge in [0.05, 0.1) is 17.8 Å². The molecule has 2 rings (SSSR count). The van der Waals surface area contributed by atoms with Crippen molar-refractivity contribution in [3.63, 3.8) is 0 Å². The fourth-order valence-electron chi connectivity index (χ4n) is 3.33. The molecule has 0 aliphatic carbocycles. The number of rotatable bonds is 5. The largest absolute Gasteiger partial charge is 0.507 e. The summed E-state index contributed by atoms with van der Waals surface area (Å²) in [4.78, 5) is 14.7. The highest BCUT2D eigenvalue weighted by Gasteiger charge is 2.35. The smallest absolute Gasteiger partial charge is 0.257 e. The number of aromatic hydroxyl groups is 1. The molecule has 0 radical (unpaired) electrons. The second-order valence-corrected chi connectivity index (χ2v) is 7.77. The van der Waals surface area contributed by atoms with Gasteiger partial charge in [-0.1, -0.05) is 33.8 Å². The summed E-state index contributed by atoms with van der Waals surface area (Å²) in [6, 6.07) is 3.80. The van der Waals surface area contributed by atoms with Gasteiger partial charge in [0.1, 0.15) is 5.75 Å². The Labute approximate surface area is 150 Å². The van der Waals surface area contributed by atoms with Crippen LogP contribution in [0.25, 0.3) is 0 Å². The predicted molar refractivity (Wildman–Crippen MR) is 98.2 cm³/mol. The Morgan fingerprint density at radius 3 is 2.28 bits per heavy atom. The van der Waals surface area contributed by atoms with Crippen LogP contribution >= 0.6 is 0 Å². The van der Waals surface area contributed by atoms with Crippen LogP contribution in [-0.4, -0.2) is 53.4 Å². The zero-order valence-electron chi connectivity index (χ0n) is 16.0. The molecule has 1 aliphatic rings. The van der Waals surface area contributed by atoms with Gasteiger partial charge >= 0.3 is 0 Å². The number of nitrogens with zero attached hydrogens (tertiary/aromatic N) is 1. The summed E-state index contributed by atoms with van der Waals surface area (Å²) in [7, 11) is 1.57. The molecule has 1 aromatic rings. The molecular weight excluding hydrogens is 318 g/mol. The molecule has 1 amide bonds. The van der Waals surface area contributed by atoms with E-state index in [-0.39, 0.29) is 30.1 Å². The van der Waals surface area contributed by atoms with E-state index in [1.54, 1.807) is 12.0 Å². The van der Waals surface area contributed by atoms with Crippen molar-refractivity contribution in [3.05, 3.63) is 28.8 Å². The minimum atomic E-state index is -0.865. The average Bonchev–Trinajstić information content (AvgIpc) is 2.54. The number of methoxy groups -OCH3 is 1. The van der Waals surface area contributed by atoms with Crippen LogP contribution in [-0.2, 0) is 4.74 Å². The molecule has 0 spiro atoms. The monoisotopic (exact) mass is 349 g/mol. The van der Waals surface area contributed by atoms with Crippen molar-refractivity contribution in [2.75, 3.05) is 26.8 Å². The van der Waals surface area contributed by atoms with E-state index in [1.807, 2.05) is 26.0 Å². The first-order chi connectivity index (χ1) is 11.7. The van der Waals surface area contributed by atoms with E-state index >= 15 is 0 Å². The fraction of sp³-hybridized carbons (Fsp3) is 0.650. The lowest BCUT2D eigenvalue weighted by Crippen LogP contribution is -2.48. The van der Waals surface area contributed by atoms with E-state index < -0.39 is 5.60 Å². The number of likely N-dealkylation sites (tertiary alicyclic amines) is 1. The summed E-state index contributed by atoms with van der Waals surface area (Å²) in [6.45, 7) is 9.38. The third-order valence-corrected chi connectivity index (χ3v) is 5.08. The molecule has 140 valence electrons. The van der Waals surface area contributed by atoms with Gasteiger partial charge < -0.3 is 19.8 Å². The molecule has 2 N–H and O–H groups in total. The number of amides is 1. The zero-order valence-corrected chi connectivity index (χ0v) is 16.0. The van der Waals surface area contributed by atoms with Gasteiger partial charge in [-0.2, -0.15) is 0 Å². The Morgan fingerprint density at radius 1 is 1.20 bits per heavy atom. The molecule has 0 bridgehead atoms. The molecular formula is C20H31NO4. The molecule has 5 heteroatoms. The van der Waals surface area contributed by atoms with Crippen LogP contribution in [0.1, 0.15) is 73.9 Å². The summed E-state index contributed by atoms with van der Waals surface area (Å²) in [5.41, 5.74) is 1.36. The summed E-state index contributed by atoms with van der Waals surface area (Å²) < 4.78 is 5.07. The average molecular weight is 349 g/mol. The predicted octanol–water partition coefficient (Wildman–Crippen LogP) is 3.25. The summed E-state index contributed by atoms with van der Waals surface area (Å²) in [5.74, 6) is 0.333. The van der Waals surface area contributed by atoms with E-state index in [0.717, 1.165) is 11.1 Å². The third kappa shape index (κ3) is 4.33. The van der Waals surface area contributed by atoms with Crippen molar-refractivity contribution in [1.29, 1.82) is 0 Å². The lowest BCUT2D eigenvalue weighted by molar-refractivity contribution is -0.0662. The molecule has 1 aromatic carbocycles. The van der Waals surface area contributed by atoms with Crippen LogP contribution in [0.5, 0.6) is 5.75 Å². The van der Waals surface area contributed by atoms with Crippen molar-refractivity contribution >= 4 is 5.91 Å². The first-order valence-electron chi connectivity index (χ1n) is 9.06. The zero-order chi connectivity index (χ0) is 18.8. The quantitative estimate of drug-likeness (QED) is 0.856. The van der Waals surface area contributed by atoms with Gasteiger partial charge in [-0.25, -0.2) is 0 Å². The van der Waals surface area contributed by atoms with Gasteiger partial charge in [-0.05, 0) is 41.9 Å². The Bertz CT molecular complexity index is 616. The molecule has 0 saturated carbocycles. The maximum Gasteiger partial charge on any atom is 0.257 e. The first kappa shape index (κ1) is 19.7. The number of phenolic OH excluding ortho intramolecular Hbond substituents is 1. The molecule has 0 aromatic heterocycles. The highest BCUT2D eigenvalue weighted by molar-refractivity contribution is 5.97. The van der Waals surface area contributed by atoms with E-state index in [0.29, 0.717) is 31.5 Å². The number of aliphatic hydroxyl groups is 1. The normalized spacial score (nSPS) is 17.4. The number of carbonyl (C=O) groups is 1. The second-order valence-electron chi connectivity index (χ2n) is 7.77. The summed E-state index contributed by atoms with van der Waals surface area (Å²) >= 11 is 0. The minimum absolute atomic E-state index is 0.0853. The summed E-state index contributed by atoms with van der Waals surface area (Å²) in [6.07, 6.45) is 0.961. The summed E-state index contributed by atoms with van der Waals surface area (Å²) in [5, 5.41) is 21.1. The Balaban J connectivity index is 2.27. The van der Waals surface area contributed by atoms with Crippen molar-refractivity contribution in [3.8, 4) is 5.75 Å². The van der Waals surface area contributed by atoms with Crippen molar-refractivity contribution in [2.45, 2.75) is 58.0 Å². The third-order valence-electron chi connectivity index (χ3n) is 5.08. The molecule has 1 saturated heterocycles. The lowest BCUT2D eigenvalue weighted by Gasteiger charge is -2.38. The molecule has 0 atom stereocenters. The van der Waals surface area contributed by atoms with Crippen molar-refractivity contribution < 1.29 is 19.7 Å². The number of hydrogen-bond donors (Lipinski definition) is 2. The molecule has 25 heavy (non-hydrogen) atoms. The Hall–Kier alpha value is -1.59. The maximum atomic E-state index is 13.0. The van der Waals surface area contributed by atoms with Gasteiger partial charge in [0.25, 0.3) is 5.91 Å². The Kier molecular flexibility index (Phi) is 6.12. The van der Waals surface area contributed by atoms with Crippen LogP contribution < -0.4 is 0 Å². The van der Waals surface area contributed by atoms with Gasteiger partial charge in [-0.3, -0.25) is 4.79 Å². The highest BCUT2D eigenvalue weighted by atomic mass is 16.5. The van der Waals surface area contributed by atoms with E-state index in [2.05, 4.69) is 13.8 Å². The van der Waals surface area contributed by atoms with Gasteiger partial charge in [-0.15, -0.1) is 0 Å². The standard InChI is InChI=1S/C20H31NO4/c1-13(2)15-10-16(14(3)4)18(22)17(11-15)19(23)21-8-6-20(24,7-9-21)12-25-5/h10-11,13-14,22,24H,6-9,12H2,1-5H3. The van der Waals surface area contributed by atoms with Crippen LogP contribution in [0, 0.1) is 0 Å². The van der Waals surface area contributed by atoms with Crippen LogP contribution in [0.15, 0.2) is 12.1 Å². The van der Waals surface area contributed by atoms with E-state index in [9.17, 15) is 15.0 Å². The number of hydrogen-bond acceptors (Lipinski definition) is 4. The molecule has 1 aliphatic heterocycles. The number of carbonyl (C=O) groups excluding carboxylic acids is 1. The molecule has 5 nitrogen and oxygen atoms in total. The molecule has 1 fully saturated rings. The van der Waals surface area contributed by atoms with Crippen molar-refractivity contribution in [2.24, 2.45) is 0 Å². The van der Waals surface area contributed by atoms with Crippen LogP contribution in [0.4, 0.5) is 0 Å². The van der Waals surface area contributed by atoms with Gasteiger partial charge in [0.2, 0.25) is 0 Å². The maximum absolute atomic E-state index is 13.0. The fourth-order valence-corrected chi connectivity index (χ4v) is 3.33. The molecule has 0 unspecified atom stereocenters.